The first-order valence-electron chi connectivity index (χ1n) is 19.4. The summed E-state index contributed by atoms with van der Waals surface area (Å²) in [6.45, 7) is 2.45. The molecule has 9 aromatic carbocycles. The second-order valence-electron chi connectivity index (χ2n) is 15.6. The molecule has 0 fully saturated rings. The highest BCUT2D eigenvalue weighted by Gasteiger charge is 2.46. The Hall–Kier alpha value is -7.16. The Kier molecular flexibility index (Phi) is 5.79. The molecule has 0 bridgehead atoms. The van der Waals surface area contributed by atoms with E-state index in [9.17, 15) is 0 Å². The minimum absolute atomic E-state index is 0.397. The van der Waals surface area contributed by atoms with Crippen molar-refractivity contribution in [3.8, 4) is 55.6 Å². The zero-order chi connectivity index (χ0) is 36.7. The second-order valence-corrected chi connectivity index (χ2v) is 15.6. The normalized spacial score (nSPS) is 15.3. The predicted octanol–water partition coefficient (Wildman–Crippen LogP) is 15.0. The van der Waals surface area contributed by atoms with Crippen molar-refractivity contribution in [2.45, 2.75) is 12.3 Å². The number of hydrogen-bond donors (Lipinski definition) is 0. The smallest absolute Gasteiger partial charge is 0.136 e. The summed E-state index contributed by atoms with van der Waals surface area (Å²) in [5, 5.41) is 8.52. The molecule has 2 nitrogen and oxygen atoms in total. The quantitative estimate of drug-likeness (QED) is 0.171. The van der Waals surface area contributed by atoms with E-state index in [0.29, 0.717) is 0 Å². The number of fused-ring (bicyclic) bond motifs is 9. The van der Waals surface area contributed by atoms with Crippen LogP contribution in [0, 0.1) is 0 Å². The van der Waals surface area contributed by atoms with E-state index in [1.54, 1.807) is 6.26 Å². The van der Waals surface area contributed by atoms with Gasteiger partial charge in [-0.05, 0) is 131 Å². The molecule has 56 heavy (non-hydrogen) atoms. The molecule has 260 valence electrons. The molecule has 11 aromatic rings. The average molecular weight is 713 g/mol. The third kappa shape index (κ3) is 3.76. The van der Waals surface area contributed by atoms with Crippen LogP contribution in [0.5, 0.6) is 0 Å². The fourth-order valence-electron chi connectivity index (χ4n) is 10.6. The number of benzene rings is 9. The van der Waals surface area contributed by atoms with Crippen LogP contribution >= 0.6 is 0 Å². The third-order valence-electron chi connectivity index (χ3n) is 13.0. The van der Waals surface area contributed by atoms with Crippen molar-refractivity contribution in [2.75, 3.05) is 0 Å². The minimum Gasteiger partial charge on any atom is -0.464 e. The molecule has 0 N–H and O–H groups in total. The van der Waals surface area contributed by atoms with E-state index in [0.717, 1.165) is 27.7 Å². The zero-order valence-corrected chi connectivity index (χ0v) is 30.6. The molecule has 13 rings (SSSR count). The van der Waals surface area contributed by atoms with Crippen LogP contribution in [0.3, 0.4) is 0 Å². The largest absolute Gasteiger partial charge is 0.464 e. The molecule has 2 aromatic heterocycles. The summed E-state index contributed by atoms with van der Waals surface area (Å²) in [6.07, 6.45) is 1.77. The van der Waals surface area contributed by atoms with Crippen molar-refractivity contribution in [3.63, 3.8) is 0 Å². The van der Waals surface area contributed by atoms with Gasteiger partial charge in [-0.2, -0.15) is 0 Å². The summed E-state index contributed by atoms with van der Waals surface area (Å²) < 4.78 is 12.4. The van der Waals surface area contributed by atoms with E-state index in [-0.39, 0.29) is 0 Å². The van der Waals surface area contributed by atoms with Crippen molar-refractivity contribution >= 4 is 54.5 Å². The maximum Gasteiger partial charge on any atom is 0.136 e. The van der Waals surface area contributed by atoms with Crippen LogP contribution in [0.25, 0.3) is 110 Å². The minimum atomic E-state index is -0.397. The van der Waals surface area contributed by atoms with E-state index < -0.39 is 5.41 Å². The fraction of sp³-hybridized carbons (Fsp3) is 0.0370. The van der Waals surface area contributed by atoms with Crippen LogP contribution in [0.15, 0.2) is 185 Å². The van der Waals surface area contributed by atoms with Crippen molar-refractivity contribution < 1.29 is 8.83 Å². The molecule has 0 saturated carbocycles. The monoisotopic (exact) mass is 712 g/mol. The molecule has 1 unspecified atom stereocenters. The lowest BCUT2D eigenvalue weighted by atomic mass is 9.71. The lowest BCUT2D eigenvalue weighted by molar-refractivity contribution is 0.616. The fourth-order valence-corrected chi connectivity index (χ4v) is 10.6. The zero-order valence-electron chi connectivity index (χ0n) is 30.6. The van der Waals surface area contributed by atoms with Crippen LogP contribution in [-0.4, -0.2) is 0 Å². The first kappa shape index (κ1) is 30.2. The highest BCUT2D eigenvalue weighted by molar-refractivity contribution is 6.23. The molecule has 1 atom stereocenters. The topological polar surface area (TPSA) is 26.3 Å². The van der Waals surface area contributed by atoms with Crippen LogP contribution < -0.4 is 0 Å². The van der Waals surface area contributed by atoms with Gasteiger partial charge in [-0.25, -0.2) is 0 Å². The Labute approximate surface area is 322 Å². The van der Waals surface area contributed by atoms with E-state index in [4.69, 9.17) is 8.83 Å². The number of hydrogen-bond acceptors (Lipinski definition) is 2. The lowest BCUT2D eigenvalue weighted by Crippen LogP contribution is -2.23. The van der Waals surface area contributed by atoms with Gasteiger partial charge < -0.3 is 8.83 Å². The lowest BCUT2D eigenvalue weighted by Gasteiger charge is -2.30. The third-order valence-corrected chi connectivity index (χ3v) is 13.0. The van der Waals surface area contributed by atoms with Gasteiger partial charge in [-0.1, -0.05) is 140 Å². The van der Waals surface area contributed by atoms with E-state index in [1.807, 2.05) is 6.07 Å². The van der Waals surface area contributed by atoms with Crippen LogP contribution in [-0.2, 0) is 5.41 Å². The Morgan fingerprint density at radius 3 is 1.82 bits per heavy atom. The van der Waals surface area contributed by atoms with Crippen LogP contribution in [0.1, 0.15) is 23.6 Å². The highest BCUT2D eigenvalue weighted by Crippen LogP contribution is 2.61. The molecule has 2 heterocycles. The molecule has 2 aliphatic carbocycles. The molecule has 2 aliphatic rings. The Balaban J connectivity index is 1.12. The summed E-state index contributed by atoms with van der Waals surface area (Å²) in [6, 6.07) is 62.6. The molecular formula is C54H32O2. The summed E-state index contributed by atoms with van der Waals surface area (Å²) >= 11 is 0. The highest BCUT2D eigenvalue weighted by atomic mass is 16.3. The molecule has 0 amide bonds. The van der Waals surface area contributed by atoms with E-state index >= 15 is 0 Å². The Bertz CT molecular complexity index is 3450. The molecule has 0 radical (unpaired) electrons. The van der Waals surface area contributed by atoms with Gasteiger partial charge in [-0.3, -0.25) is 0 Å². The Morgan fingerprint density at radius 1 is 0.393 bits per heavy atom. The van der Waals surface area contributed by atoms with E-state index in [2.05, 4.69) is 171 Å². The second kappa shape index (κ2) is 10.7. The van der Waals surface area contributed by atoms with Crippen molar-refractivity contribution in [1.82, 2.24) is 0 Å². The van der Waals surface area contributed by atoms with Crippen molar-refractivity contribution in [1.29, 1.82) is 0 Å². The van der Waals surface area contributed by atoms with Crippen LogP contribution in [0.4, 0.5) is 0 Å². The number of furan rings is 2. The van der Waals surface area contributed by atoms with Crippen molar-refractivity contribution in [2.24, 2.45) is 0 Å². The van der Waals surface area contributed by atoms with Crippen LogP contribution in [0.2, 0.25) is 0 Å². The van der Waals surface area contributed by atoms with Gasteiger partial charge in [0.25, 0.3) is 0 Å². The predicted molar refractivity (Wildman–Crippen MR) is 231 cm³/mol. The summed E-state index contributed by atoms with van der Waals surface area (Å²) in [7, 11) is 0. The van der Waals surface area contributed by atoms with Gasteiger partial charge in [0, 0.05) is 21.6 Å². The summed E-state index contributed by atoms with van der Waals surface area (Å²) in [4.78, 5) is 0. The molecule has 0 aliphatic heterocycles. The van der Waals surface area contributed by atoms with Crippen molar-refractivity contribution in [3.05, 3.63) is 193 Å². The standard InChI is InChI=1S/C54H32O2/c1-54-44-19-9-8-12-35(44)43-25-26-47-52(53(43)54)51-38(18-10-20-46(51)56-47)36-24-23-33(29-45(36)54)49-39-14-4-6-16-41(39)50(42-17-7-5-15-40(42)49)37-13-3-2-11-34(37)32-22-21-31-27-28-55-48(31)30-32/h2-30H,1H3. The van der Waals surface area contributed by atoms with Gasteiger partial charge in [0.2, 0.25) is 0 Å². The van der Waals surface area contributed by atoms with Gasteiger partial charge in [0.05, 0.1) is 6.26 Å². The van der Waals surface area contributed by atoms with Gasteiger partial charge in [0.15, 0.2) is 0 Å². The van der Waals surface area contributed by atoms with E-state index in [1.165, 1.54) is 99.1 Å². The Morgan fingerprint density at radius 2 is 1.02 bits per heavy atom. The molecule has 2 heteroatoms. The first-order valence-corrected chi connectivity index (χ1v) is 19.4. The van der Waals surface area contributed by atoms with Gasteiger partial charge in [0.1, 0.15) is 16.7 Å². The SMILES string of the molecule is CC12c3ccccc3-c3ccc4oc5cccc(c5c4c31)-c1ccc(-c3c4ccccc4c(-c4ccccc4-c4ccc5ccoc5c4)c4ccccc34)cc12. The molecular weight excluding hydrogens is 681 g/mol. The molecule has 0 spiro atoms. The maximum atomic E-state index is 6.58. The first-order chi connectivity index (χ1) is 27.7. The number of rotatable bonds is 3. The average Bonchev–Trinajstić information content (AvgIpc) is 3.94. The van der Waals surface area contributed by atoms with Gasteiger partial charge in [-0.15, -0.1) is 0 Å². The summed E-state index contributed by atoms with van der Waals surface area (Å²) in [5.41, 5.74) is 18.8. The molecule has 0 saturated heterocycles. The maximum absolute atomic E-state index is 6.58. The summed E-state index contributed by atoms with van der Waals surface area (Å²) in [5.74, 6) is 0. The van der Waals surface area contributed by atoms with Gasteiger partial charge >= 0.3 is 0 Å².